The lowest BCUT2D eigenvalue weighted by Gasteiger charge is -2.42. The van der Waals surface area contributed by atoms with Gasteiger partial charge in [-0.2, -0.15) is 9.97 Å². The number of aromatic nitrogens is 3. The Kier molecular flexibility index (Phi) is 6.32. The van der Waals surface area contributed by atoms with E-state index in [-0.39, 0.29) is 59.5 Å². The van der Waals surface area contributed by atoms with Crippen molar-refractivity contribution in [3.63, 3.8) is 0 Å². The number of anilines is 1. The average Bonchev–Trinajstić information content (AvgIpc) is 3.68. The van der Waals surface area contributed by atoms with Gasteiger partial charge in [-0.15, -0.1) is 6.42 Å². The Morgan fingerprint density at radius 1 is 1.17 bits per heavy atom. The van der Waals surface area contributed by atoms with Crippen LogP contribution in [0.15, 0.2) is 42.5 Å². The predicted octanol–water partition coefficient (Wildman–Crippen LogP) is 4.34. The number of nitrogens with zero attached hydrogens (tertiary/aromatic N) is 5. The number of piperazine rings is 1. The molecule has 6 atom stereocenters. The largest absolute Gasteiger partial charge is 0.472 e. The first-order chi connectivity index (χ1) is 22.8. The first-order valence-electron chi connectivity index (χ1n) is 16.3. The first kappa shape index (κ1) is 28.8. The standard InChI is InChI=1S/C36H34F2N6O3/c1-4-23-25(37)10-8-20-6-5-7-24(27(20)23)30-29(38)31-28-33(44-15-21-9-11-26(39-21)32(44)19(3)47-34(28)40-30)42-35(41-31)46-17-36-14-22(45)16-43(36)13-12-18(36)2/h1,5-8,10,19,21-22,26,32,39,45H,2,9,11-17H2,3H3/t19-,21+,22?,26-,32+,36?/m0/s1. The van der Waals surface area contributed by atoms with Crippen LogP contribution in [0.4, 0.5) is 14.6 Å². The van der Waals surface area contributed by atoms with Crippen molar-refractivity contribution in [2.45, 2.75) is 68.5 Å². The molecule has 2 N–H and O–H groups in total. The second-order valence-electron chi connectivity index (χ2n) is 13.6. The highest BCUT2D eigenvalue weighted by Crippen LogP contribution is 2.46. The molecule has 2 aromatic carbocycles. The molecule has 0 aliphatic carbocycles. The van der Waals surface area contributed by atoms with Gasteiger partial charge in [-0.05, 0) is 37.6 Å². The molecule has 47 heavy (non-hydrogen) atoms. The summed E-state index contributed by atoms with van der Waals surface area (Å²) >= 11 is 0. The van der Waals surface area contributed by atoms with Gasteiger partial charge in [-0.25, -0.2) is 13.8 Å². The van der Waals surface area contributed by atoms with Gasteiger partial charge < -0.3 is 24.8 Å². The van der Waals surface area contributed by atoms with Gasteiger partial charge in [-0.3, -0.25) is 4.90 Å². The number of rotatable bonds is 4. The Balaban J connectivity index is 1.25. The van der Waals surface area contributed by atoms with E-state index in [9.17, 15) is 9.50 Å². The van der Waals surface area contributed by atoms with Gasteiger partial charge in [0.2, 0.25) is 5.88 Å². The summed E-state index contributed by atoms with van der Waals surface area (Å²) in [5.74, 6) is 1.90. The van der Waals surface area contributed by atoms with Crippen LogP contribution in [-0.2, 0) is 0 Å². The molecule has 2 bridgehead atoms. The van der Waals surface area contributed by atoms with E-state index < -0.39 is 23.3 Å². The molecule has 2 aromatic heterocycles. The Morgan fingerprint density at radius 3 is 2.89 bits per heavy atom. The minimum absolute atomic E-state index is 0.00505. The number of terminal acetylenes is 1. The lowest BCUT2D eigenvalue weighted by Crippen LogP contribution is -2.62. The second-order valence-corrected chi connectivity index (χ2v) is 13.6. The molecule has 9 nitrogen and oxygen atoms in total. The molecule has 0 amide bonds. The quantitative estimate of drug-likeness (QED) is 0.251. The molecule has 7 heterocycles. The van der Waals surface area contributed by atoms with Gasteiger partial charge in [0.05, 0.1) is 23.2 Å². The maximum absolute atomic E-state index is 17.1. The van der Waals surface area contributed by atoms with E-state index in [0.29, 0.717) is 47.1 Å². The highest BCUT2D eigenvalue weighted by molar-refractivity contribution is 6.03. The summed E-state index contributed by atoms with van der Waals surface area (Å²) in [5.41, 5.74) is 0.794. The van der Waals surface area contributed by atoms with Crippen LogP contribution in [0.5, 0.6) is 11.9 Å². The van der Waals surface area contributed by atoms with Gasteiger partial charge in [0, 0.05) is 49.1 Å². The Labute approximate surface area is 270 Å². The van der Waals surface area contributed by atoms with Crippen molar-refractivity contribution in [1.82, 2.24) is 25.2 Å². The number of nitrogens with one attached hydrogen (secondary N) is 1. The zero-order valence-corrected chi connectivity index (χ0v) is 26.0. The highest BCUT2D eigenvalue weighted by Gasteiger charge is 2.52. The summed E-state index contributed by atoms with van der Waals surface area (Å²) in [4.78, 5) is 18.8. The van der Waals surface area contributed by atoms with Crippen LogP contribution < -0.4 is 19.7 Å². The molecule has 0 spiro atoms. The highest BCUT2D eigenvalue weighted by atomic mass is 19.1. The molecule has 4 fully saturated rings. The number of hydrogen-bond acceptors (Lipinski definition) is 9. The fraction of sp³-hybridized carbons (Fsp3) is 0.417. The van der Waals surface area contributed by atoms with E-state index in [4.69, 9.17) is 25.9 Å². The first-order valence-corrected chi connectivity index (χ1v) is 16.3. The summed E-state index contributed by atoms with van der Waals surface area (Å²) in [6, 6.07) is 8.54. The van der Waals surface area contributed by atoms with Gasteiger partial charge in [0.15, 0.2) is 5.82 Å². The summed E-state index contributed by atoms with van der Waals surface area (Å²) < 4.78 is 45.1. The summed E-state index contributed by atoms with van der Waals surface area (Å²) in [7, 11) is 0. The number of fused-ring (bicyclic) bond motifs is 7. The van der Waals surface area contributed by atoms with Crippen LogP contribution in [0.3, 0.4) is 0 Å². The molecule has 9 rings (SSSR count). The van der Waals surface area contributed by atoms with E-state index >= 15 is 4.39 Å². The third kappa shape index (κ3) is 4.14. The van der Waals surface area contributed by atoms with E-state index in [2.05, 4.69) is 32.6 Å². The minimum atomic E-state index is -0.703. The zero-order chi connectivity index (χ0) is 32.2. The summed E-state index contributed by atoms with van der Waals surface area (Å²) in [6.07, 6.45) is 8.30. The number of pyridine rings is 1. The van der Waals surface area contributed by atoms with Crippen LogP contribution >= 0.6 is 0 Å². The van der Waals surface area contributed by atoms with Gasteiger partial charge in [0.1, 0.15) is 40.9 Å². The summed E-state index contributed by atoms with van der Waals surface area (Å²) in [5, 5.41) is 15.7. The topological polar surface area (TPSA) is 95.9 Å². The maximum atomic E-state index is 17.1. The number of aliphatic hydroxyl groups excluding tert-OH is 1. The molecule has 5 aliphatic rings. The molecule has 11 heteroatoms. The Hall–Kier alpha value is -4.37. The monoisotopic (exact) mass is 636 g/mol. The summed E-state index contributed by atoms with van der Waals surface area (Å²) in [6.45, 7) is 8.49. The molecule has 5 aliphatic heterocycles. The molecule has 0 saturated carbocycles. The van der Waals surface area contributed by atoms with Crippen molar-refractivity contribution in [2.75, 3.05) is 31.1 Å². The molecule has 4 aromatic rings. The third-order valence-corrected chi connectivity index (χ3v) is 11.0. The van der Waals surface area contributed by atoms with Crippen molar-refractivity contribution in [3.8, 4) is 35.5 Å². The van der Waals surface area contributed by atoms with Crippen molar-refractivity contribution < 1.29 is 23.4 Å². The molecule has 0 radical (unpaired) electrons. The van der Waals surface area contributed by atoms with Gasteiger partial charge in [0.25, 0.3) is 0 Å². The van der Waals surface area contributed by atoms with Crippen molar-refractivity contribution >= 4 is 27.5 Å². The van der Waals surface area contributed by atoms with Crippen molar-refractivity contribution in [1.29, 1.82) is 0 Å². The Morgan fingerprint density at radius 2 is 2.04 bits per heavy atom. The smallest absolute Gasteiger partial charge is 0.319 e. The molecule has 240 valence electrons. The number of halogens is 2. The van der Waals surface area contributed by atoms with E-state index in [1.54, 1.807) is 24.3 Å². The third-order valence-electron chi connectivity index (χ3n) is 11.0. The fourth-order valence-electron chi connectivity index (χ4n) is 8.85. The number of β-amino-alcohol motifs (C(OH)–C–C–N with tert-alkyl or cyclic N) is 1. The van der Waals surface area contributed by atoms with Crippen molar-refractivity contribution in [3.05, 3.63) is 59.7 Å². The van der Waals surface area contributed by atoms with Gasteiger partial charge in [-0.1, -0.05) is 42.3 Å². The average molecular weight is 637 g/mol. The molecular weight excluding hydrogens is 602 g/mol. The van der Waals surface area contributed by atoms with E-state index in [1.807, 2.05) is 6.92 Å². The lowest BCUT2D eigenvalue weighted by atomic mass is 9.90. The predicted molar refractivity (Wildman–Crippen MR) is 173 cm³/mol. The normalized spacial score (nSPS) is 29.5. The van der Waals surface area contributed by atoms with Crippen LogP contribution in [0.2, 0.25) is 0 Å². The fourth-order valence-corrected chi connectivity index (χ4v) is 8.85. The van der Waals surface area contributed by atoms with E-state index in [1.165, 1.54) is 6.07 Å². The van der Waals surface area contributed by atoms with Crippen LogP contribution in [-0.4, -0.2) is 87.1 Å². The molecule has 4 saturated heterocycles. The van der Waals surface area contributed by atoms with Crippen LogP contribution in [0.25, 0.3) is 32.9 Å². The SMILES string of the molecule is C#Cc1c(F)ccc2cccc(-c3nc4c5c(nc(OCC67CC(O)CN6CCC7=C)nc5c3F)N3C[C@H]5CC[C@H](N5)[C@H]3[C@H](C)O4)c12. The van der Waals surface area contributed by atoms with Gasteiger partial charge >= 0.3 is 6.01 Å². The minimum Gasteiger partial charge on any atom is -0.472 e. The van der Waals surface area contributed by atoms with Crippen molar-refractivity contribution in [2.24, 2.45) is 0 Å². The van der Waals surface area contributed by atoms with Crippen LogP contribution in [0, 0.1) is 24.0 Å². The number of benzene rings is 2. The molecular formula is C36H34F2N6O3. The number of ether oxygens (including phenoxy) is 2. The molecule has 2 unspecified atom stereocenters. The van der Waals surface area contributed by atoms with Crippen LogP contribution in [0.1, 0.15) is 38.2 Å². The Bertz CT molecular complexity index is 2050. The lowest BCUT2D eigenvalue weighted by molar-refractivity contribution is 0.130. The second kappa shape index (κ2) is 10.3. The van der Waals surface area contributed by atoms with E-state index in [0.717, 1.165) is 31.4 Å². The maximum Gasteiger partial charge on any atom is 0.319 e. The number of hydrogen-bond donors (Lipinski definition) is 2. The zero-order valence-electron chi connectivity index (χ0n) is 26.0. The number of aliphatic hydroxyl groups is 1.